The van der Waals surface area contributed by atoms with Gasteiger partial charge in [0, 0.05) is 6.07 Å². The molecule has 1 aromatic heterocycles. The van der Waals surface area contributed by atoms with Crippen LogP contribution in [0.3, 0.4) is 0 Å². The number of hydrogen-bond donors (Lipinski definition) is 0. The molecule has 0 bridgehead atoms. The molecule has 0 fully saturated rings. The van der Waals surface area contributed by atoms with E-state index in [1.54, 1.807) is 19.2 Å². The summed E-state index contributed by atoms with van der Waals surface area (Å²) < 4.78 is 28.2. The van der Waals surface area contributed by atoms with Gasteiger partial charge in [0.25, 0.3) is 0 Å². The molecule has 0 aliphatic heterocycles. The van der Waals surface area contributed by atoms with Gasteiger partial charge in [-0.2, -0.15) is 0 Å². The van der Waals surface area contributed by atoms with Crippen LogP contribution in [-0.2, 0) is 4.74 Å². The van der Waals surface area contributed by atoms with Gasteiger partial charge >= 0.3 is 5.97 Å². The smallest absolute Gasteiger partial charge is 0.341 e. The molecule has 0 aliphatic rings. The molecule has 34 heavy (non-hydrogen) atoms. The van der Waals surface area contributed by atoms with Crippen molar-refractivity contribution in [3.63, 3.8) is 0 Å². The summed E-state index contributed by atoms with van der Waals surface area (Å²) in [6, 6.07) is 11.1. The molecule has 7 heteroatoms. The Kier molecular flexibility index (Phi) is 8.96. The van der Waals surface area contributed by atoms with Crippen molar-refractivity contribution in [2.24, 2.45) is 0 Å². The molecular weight excluding hydrogens is 434 g/mol. The van der Waals surface area contributed by atoms with Gasteiger partial charge < -0.3 is 23.5 Å². The van der Waals surface area contributed by atoms with Crippen LogP contribution in [-0.4, -0.2) is 38.6 Å². The molecule has 1 heterocycles. The number of esters is 1. The molecule has 0 unspecified atom stereocenters. The normalized spacial score (nSPS) is 10.7. The summed E-state index contributed by atoms with van der Waals surface area (Å²) in [5.74, 6) is 1.77. The summed E-state index contributed by atoms with van der Waals surface area (Å²) in [7, 11) is 2.98. The van der Waals surface area contributed by atoms with E-state index in [4.69, 9.17) is 23.5 Å². The van der Waals surface area contributed by atoms with Crippen LogP contribution < -0.4 is 14.2 Å². The second-order valence-electron chi connectivity index (χ2n) is 7.94. The number of carbonyl (C=O) groups excluding carboxylic acids is 1. The van der Waals surface area contributed by atoms with E-state index in [0.29, 0.717) is 41.6 Å². The minimum absolute atomic E-state index is 0.311. The van der Waals surface area contributed by atoms with Crippen molar-refractivity contribution in [2.45, 2.75) is 46.5 Å². The van der Waals surface area contributed by atoms with Gasteiger partial charge in [-0.3, -0.25) is 0 Å². The number of hydrogen-bond acceptors (Lipinski definition) is 7. The Balaban J connectivity index is 2.16. The van der Waals surface area contributed by atoms with Crippen molar-refractivity contribution in [3.05, 3.63) is 47.7 Å². The van der Waals surface area contributed by atoms with E-state index in [9.17, 15) is 4.79 Å². The van der Waals surface area contributed by atoms with Crippen molar-refractivity contribution in [2.75, 3.05) is 27.4 Å². The number of aromatic nitrogens is 1. The summed E-state index contributed by atoms with van der Waals surface area (Å²) in [5.41, 5.74) is 3.38. The Morgan fingerprint density at radius 2 is 1.59 bits per heavy atom. The van der Waals surface area contributed by atoms with Crippen LogP contribution in [0, 0.1) is 6.92 Å². The van der Waals surface area contributed by atoms with Crippen molar-refractivity contribution in [1.82, 2.24) is 5.16 Å². The highest BCUT2D eigenvalue weighted by atomic mass is 16.5. The molecule has 0 N–H and O–H groups in total. The SMILES string of the molecule is CCCCOc1cc(OCCCC)c(-c2onc(C)c2-c2ccc(OC)cc2)cc1C(=O)OC. The molecule has 0 radical (unpaired) electrons. The molecule has 0 spiro atoms. The van der Waals surface area contributed by atoms with E-state index in [1.165, 1.54) is 7.11 Å². The lowest BCUT2D eigenvalue weighted by Gasteiger charge is -2.16. The minimum atomic E-state index is -0.491. The second-order valence-corrected chi connectivity index (χ2v) is 7.94. The van der Waals surface area contributed by atoms with Gasteiger partial charge in [-0.25, -0.2) is 4.79 Å². The number of ether oxygens (including phenoxy) is 4. The average molecular weight is 468 g/mol. The molecule has 182 valence electrons. The van der Waals surface area contributed by atoms with Crippen LogP contribution in [0.5, 0.6) is 17.2 Å². The quantitative estimate of drug-likeness (QED) is 0.223. The van der Waals surface area contributed by atoms with Crippen LogP contribution in [0.4, 0.5) is 0 Å². The van der Waals surface area contributed by atoms with Gasteiger partial charge in [-0.15, -0.1) is 0 Å². The predicted molar refractivity (Wildman–Crippen MR) is 131 cm³/mol. The Hall–Kier alpha value is -3.48. The van der Waals surface area contributed by atoms with Crippen molar-refractivity contribution in [1.29, 1.82) is 0 Å². The number of carbonyl (C=O) groups is 1. The Morgan fingerprint density at radius 3 is 2.18 bits per heavy atom. The van der Waals surface area contributed by atoms with Gasteiger partial charge in [0.2, 0.25) is 0 Å². The summed E-state index contributed by atoms with van der Waals surface area (Å²) in [4.78, 5) is 12.6. The van der Waals surface area contributed by atoms with Crippen LogP contribution in [0.1, 0.15) is 55.6 Å². The topological polar surface area (TPSA) is 80.0 Å². The molecule has 3 aromatic rings. The largest absolute Gasteiger partial charge is 0.497 e. The first kappa shape index (κ1) is 25.1. The Morgan fingerprint density at radius 1 is 0.941 bits per heavy atom. The average Bonchev–Trinajstić information content (AvgIpc) is 3.25. The molecule has 0 saturated carbocycles. The first-order valence-electron chi connectivity index (χ1n) is 11.7. The van der Waals surface area contributed by atoms with E-state index in [1.807, 2.05) is 31.2 Å². The third-order valence-electron chi connectivity index (χ3n) is 5.48. The number of aryl methyl sites for hydroxylation is 1. The Labute approximate surface area is 201 Å². The molecular formula is C27H33NO6. The van der Waals surface area contributed by atoms with Gasteiger partial charge in [-0.05, 0) is 43.5 Å². The van der Waals surface area contributed by atoms with Gasteiger partial charge in [0.1, 0.15) is 22.8 Å². The maximum Gasteiger partial charge on any atom is 0.341 e. The number of unbranched alkanes of at least 4 members (excludes halogenated alkanes) is 2. The van der Waals surface area contributed by atoms with E-state index in [2.05, 4.69) is 19.0 Å². The van der Waals surface area contributed by atoms with E-state index in [-0.39, 0.29) is 0 Å². The highest BCUT2D eigenvalue weighted by Gasteiger charge is 2.25. The second kappa shape index (κ2) is 12.1. The number of benzene rings is 2. The van der Waals surface area contributed by atoms with Crippen molar-refractivity contribution in [3.8, 4) is 39.7 Å². The third kappa shape index (κ3) is 5.71. The standard InChI is InChI=1S/C27H33NO6/c1-6-8-14-32-23-17-24(33-15-9-7-2)22(27(29)31-5)16-21(23)26-25(18(3)28-34-26)19-10-12-20(30-4)13-11-19/h10-13,16-17H,6-9,14-15H2,1-5H3. The lowest BCUT2D eigenvalue weighted by atomic mass is 9.97. The monoisotopic (exact) mass is 467 g/mol. The van der Waals surface area contributed by atoms with Crippen LogP contribution in [0.15, 0.2) is 40.9 Å². The number of nitrogens with zero attached hydrogens (tertiary/aromatic N) is 1. The van der Waals surface area contributed by atoms with E-state index < -0.39 is 5.97 Å². The molecule has 3 rings (SSSR count). The van der Waals surface area contributed by atoms with Crippen molar-refractivity contribution < 1.29 is 28.3 Å². The van der Waals surface area contributed by atoms with Gasteiger partial charge in [0.05, 0.1) is 44.3 Å². The van der Waals surface area contributed by atoms with Gasteiger partial charge in [-0.1, -0.05) is 44.0 Å². The van der Waals surface area contributed by atoms with E-state index >= 15 is 0 Å². The lowest BCUT2D eigenvalue weighted by molar-refractivity contribution is 0.0596. The maximum absolute atomic E-state index is 12.6. The molecule has 7 nitrogen and oxygen atoms in total. The minimum Gasteiger partial charge on any atom is -0.497 e. The fourth-order valence-corrected chi connectivity index (χ4v) is 3.55. The lowest BCUT2D eigenvalue weighted by Crippen LogP contribution is -2.08. The fourth-order valence-electron chi connectivity index (χ4n) is 3.55. The number of rotatable bonds is 12. The summed E-state index contributed by atoms with van der Waals surface area (Å²) >= 11 is 0. The third-order valence-corrected chi connectivity index (χ3v) is 5.48. The zero-order valence-corrected chi connectivity index (χ0v) is 20.6. The first-order chi connectivity index (χ1) is 16.5. The molecule has 0 aliphatic carbocycles. The molecule has 0 amide bonds. The Bertz CT molecular complexity index is 1090. The molecule has 0 atom stereocenters. The highest BCUT2D eigenvalue weighted by Crippen LogP contribution is 2.43. The maximum atomic E-state index is 12.6. The molecule has 2 aromatic carbocycles. The van der Waals surface area contributed by atoms with Crippen LogP contribution in [0.25, 0.3) is 22.5 Å². The predicted octanol–water partition coefficient (Wildman–Crippen LogP) is 6.47. The first-order valence-corrected chi connectivity index (χ1v) is 11.7. The van der Waals surface area contributed by atoms with E-state index in [0.717, 1.165) is 48.3 Å². The van der Waals surface area contributed by atoms with Gasteiger partial charge in [0.15, 0.2) is 5.76 Å². The highest BCUT2D eigenvalue weighted by molar-refractivity contribution is 5.96. The zero-order chi connectivity index (χ0) is 24.5. The fraction of sp³-hybridized carbons (Fsp3) is 0.407. The summed E-state index contributed by atoms with van der Waals surface area (Å²) in [6.07, 6.45) is 3.74. The number of methoxy groups -OCH3 is 2. The van der Waals surface area contributed by atoms with Crippen LogP contribution in [0.2, 0.25) is 0 Å². The summed E-state index contributed by atoms with van der Waals surface area (Å²) in [5, 5.41) is 4.22. The van der Waals surface area contributed by atoms with Crippen LogP contribution >= 0.6 is 0 Å². The van der Waals surface area contributed by atoms with Crippen molar-refractivity contribution >= 4 is 5.97 Å². The summed E-state index contributed by atoms with van der Waals surface area (Å²) in [6.45, 7) is 7.09. The molecule has 0 saturated heterocycles. The zero-order valence-electron chi connectivity index (χ0n) is 20.6.